The lowest BCUT2D eigenvalue weighted by Gasteiger charge is -2.33. The molecule has 1 radical (unpaired) electrons. The van der Waals surface area contributed by atoms with Gasteiger partial charge in [0.2, 0.25) is 5.91 Å². The predicted molar refractivity (Wildman–Crippen MR) is 48.7 cm³/mol. The molecule has 3 heteroatoms. The van der Waals surface area contributed by atoms with Gasteiger partial charge in [0.1, 0.15) is 0 Å². The van der Waals surface area contributed by atoms with Crippen LogP contribution >= 0.6 is 0 Å². The van der Waals surface area contributed by atoms with Crippen LogP contribution in [0.25, 0.3) is 0 Å². The maximum atomic E-state index is 10.9. The van der Waals surface area contributed by atoms with Crippen molar-refractivity contribution in [3.63, 3.8) is 0 Å². The van der Waals surface area contributed by atoms with Gasteiger partial charge in [-0.2, -0.15) is 0 Å². The Morgan fingerprint density at radius 2 is 1.92 bits per heavy atom. The molecule has 0 aromatic rings. The van der Waals surface area contributed by atoms with Gasteiger partial charge in [-0.3, -0.25) is 9.69 Å². The predicted octanol–water partition coefficient (Wildman–Crippen LogP) is 0.375. The first-order chi connectivity index (χ1) is 5.74. The van der Waals surface area contributed by atoms with E-state index in [1.807, 2.05) is 4.90 Å². The second-order valence-corrected chi connectivity index (χ2v) is 3.22. The number of piperazine rings is 1. The Morgan fingerprint density at radius 1 is 1.33 bits per heavy atom. The first kappa shape index (κ1) is 9.52. The standard InChI is InChI=1S/C9H17N2O/c1-3-4-10-5-7-11(8-6-10)9(2)12/h2-8H2,1H3. The first-order valence-electron chi connectivity index (χ1n) is 4.57. The zero-order valence-corrected chi connectivity index (χ0v) is 7.75. The highest BCUT2D eigenvalue weighted by Gasteiger charge is 2.17. The highest BCUT2D eigenvalue weighted by Crippen LogP contribution is 2.01. The smallest absolute Gasteiger partial charge is 0.223 e. The molecule has 0 N–H and O–H groups in total. The fraction of sp³-hybridized carbons (Fsp3) is 0.778. The van der Waals surface area contributed by atoms with Crippen LogP contribution in [-0.4, -0.2) is 48.4 Å². The van der Waals surface area contributed by atoms with Gasteiger partial charge in [-0.15, -0.1) is 0 Å². The number of hydrogen-bond acceptors (Lipinski definition) is 2. The van der Waals surface area contributed by atoms with E-state index in [1.54, 1.807) is 0 Å². The van der Waals surface area contributed by atoms with Gasteiger partial charge in [-0.05, 0) is 13.0 Å². The van der Waals surface area contributed by atoms with E-state index in [0.29, 0.717) is 0 Å². The molecule has 0 saturated carbocycles. The molecule has 0 bridgehead atoms. The molecule has 12 heavy (non-hydrogen) atoms. The minimum atomic E-state index is -0.0360. The largest absolute Gasteiger partial charge is 0.340 e. The molecule has 1 rings (SSSR count). The first-order valence-corrected chi connectivity index (χ1v) is 4.57. The Balaban J connectivity index is 2.25. The minimum Gasteiger partial charge on any atom is -0.340 e. The van der Waals surface area contributed by atoms with E-state index >= 15 is 0 Å². The zero-order valence-electron chi connectivity index (χ0n) is 7.75. The van der Waals surface area contributed by atoms with Crippen molar-refractivity contribution in [2.75, 3.05) is 32.7 Å². The van der Waals surface area contributed by atoms with Gasteiger partial charge in [-0.1, -0.05) is 6.92 Å². The number of carbonyl (C=O) groups is 1. The fourth-order valence-electron chi connectivity index (χ4n) is 1.54. The normalized spacial score (nSPS) is 19.7. The van der Waals surface area contributed by atoms with Crippen molar-refractivity contribution in [2.45, 2.75) is 13.3 Å². The molecule has 1 amide bonds. The quantitative estimate of drug-likeness (QED) is 0.596. The number of rotatable bonds is 2. The van der Waals surface area contributed by atoms with Crippen molar-refractivity contribution in [3.05, 3.63) is 6.92 Å². The molecule has 0 unspecified atom stereocenters. The molecule has 3 nitrogen and oxygen atoms in total. The summed E-state index contributed by atoms with van der Waals surface area (Å²) in [6.07, 6.45) is 1.19. The van der Waals surface area contributed by atoms with Crippen LogP contribution in [-0.2, 0) is 4.79 Å². The maximum absolute atomic E-state index is 10.9. The van der Waals surface area contributed by atoms with Crippen molar-refractivity contribution in [3.8, 4) is 0 Å². The van der Waals surface area contributed by atoms with Crippen molar-refractivity contribution in [1.82, 2.24) is 9.80 Å². The minimum absolute atomic E-state index is 0.0360. The van der Waals surface area contributed by atoms with Crippen molar-refractivity contribution in [2.24, 2.45) is 0 Å². The Bertz CT molecular complexity index is 151. The number of amides is 1. The van der Waals surface area contributed by atoms with Crippen LogP contribution < -0.4 is 0 Å². The average molecular weight is 169 g/mol. The molecule has 1 fully saturated rings. The summed E-state index contributed by atoms with van der Waals surface area (Å²) in [6.45, 7) is 10.5. The molecule has 0 aliphatic carbocycles. The van der Waals surface area contributed by atoms with Gasteiger partial charge in [0.05, 0.1) is 0 Å². The summed E-state index contributed by atoms with van der Waals surface area (Å²) in [6, 6.07) is 0. The molecule has 0 aromatic carbocycles. The molecule has 1 aliphatic rings. The van der Waals surface area contributed by atoms with E-state index in [9.17, 15) is 4.79 Å². The van der Waals surface area contributed by atoms with E-state index in [4.69, 9.17) is 0 Å². The number of nitrogens with zero attached hydrogens (tertiary/aromatic N) is 2. The molecule has 69 valence electrons. The lowest BCUT2D eigenvalue weighted by molar-refractivity contribution is -0.128. The van der Waals surface area contributed by atoms with Gasteiger partial charge in [0, 0.05) is 33.1 Å². The molecule has 1 heterocycles. The van der Waals surface area contributed by atoms with E-state index in [2.05, 4.69) is 18.7 Å². The summed E-state index contributed by atoms with van der Waals surface area (Å²) in [5, 5.41) is 0. The van der Waals surface area contributed by atoms with Crippen molar-refractivity contribution >= 4 is 5.91 Å². The van der Waals surface area contributed by atoms with Gasteiger partial charge in [0.25, 0.3) is 0 Å². The summed E-state index contributed by atoms with van der Waals surface area (Å²) in [5.41, 5.74) is 0. The Hall–Kier alpha value is -0.570. The molecule has 0 aromatic heterocycles. The third kappa shape index (κ3) is 2.48. The molecule has 1 aliphatic heterocycles. The Morgan fingerprint density at radius 3 is 2.33 bits per heavy atom. The summed E-state index contributed by atoms with van der Waals surface area (Å²) < 4.78 is 0. The van der Waals surface area contributed by atoms with Crippen LogP contribution in [0.1, 0.15) is 13.3 Å². The number of carbonyl (C=O) groups excluding carboxylic acids is 1. The van der Waals surface area contributed by atoms with E-state index in [-0.39, 0.29) is 5.91 Å². The molecular weight excluding hydrogens is 152 g/mol. The second kappa shape index (κ2) is 4.45. The Labute approximate surface area is 74.3 Å². The van der Waals surface area contributed by atoms with Crippen LogP contribution in [0.2, 0.25) is 0 Å². The van der Waals surface area contributed by atoms with Gasteiger partial charge >= 0.3 is 0 Å². The third-order valence-corrected chi connectivity index (χ3v) is 2.26. The molecule has 0 spiro atoms. The van der Waals surface area contributed by atoms with Gasteiger partial charge in [0.15, 0.2) is 0 Å². The van der Waals surface area contributed by atoms with Crippen LogP contribution in [0.15, 0.2) is 0 Å². The van der Waals surface area contributed by atoms with E-state index in [1.165, 1.54) is 6.42 Å². The highest BCUT2D eigenvalue weighted by molar-refractivity contribution is 5.80. The van der Waals surface area contributed by atoms with Gasteiger partial charge < -0.3 is 4.90 Å². The highest BCUT2D eigenvalue weighted by atomic mass is 16.2. The molecule has 1 saturated heterocycles. The fourth-order valence-corrected chi connectivity index (χ4v) is 1.54. The lowest BCUT2D eigenvalue weighted by Crippen LogP contribution is -2.48. The summed E-state index contributed by atoms with van der Waals surface area (Å²) in [5.74, 6) is -0.0360. The van der Waals surface area contributed by atoms with Gasteiger partial charge in [-0.25, -0.2) is 0 Å². The summed E-state index contributed by atoms with van der Waals surface area (Å²) >= 11 is 0. The van der Waals surface area contributed by atoms with Crippen LogP contribution in [0.4, 0.5) is 0 Å². The maximum Gasteiger partial charge on any atom is 0.223 e. The zero-order chi connectivity index (χ0) is 8.97. The van der Waals surface area contributed by atoms with E-state index in [0.717, 1.165) is 32.7 Å². The van der Waals surface area contributed by atoms with E-state index < -0.39 is 0 Å². The molecular formula is C9H17N2O. The molecule has 0 atom stereocenters. The van der Waals surface area contributed by atoms with Crippen LogP contribution in [0.3, 0.4) is 0 Å². The second-order valence-electron chi connectivity index (χ2n) is 3.22. The lowest BCUT2D eigenvalue weighted by atomic mass is 10.3. The number of hydrogen-bond donors (Lipinski definition) is 0. The monoisotopic (exact) mass is 169 g/mol. The van der Waals surface area contributed by atoms with Crippen LogP contribution in [0.5, 0.6) is 0 Å². The summed E-state index contributed by atoms with van der Waals surface area (Å²) in [4.78, 5) is 15.1. The Kier molecular flexibility index (Phi) is 3.53. The topological polar surface area (TPSA) is 23.6 Å². The van der Waals surface area contributed by atoms with Crippen molar-refractivity contribution < 1.29 is 4.79 Å². The summed E-state index contributed by atoms with van der Waals surface area (Å²) in [7, 11) is 0. The average Bonchev–Trinajstić information content (AvgIpc) is 2.06. The SMILES string of the molecule is [CH2]C(=O)N1CCN(CCC)CC1. The third-order valence-electron chi connectivity index (χ3n) is 2.26. The van der Waals surface area contributed by atoms with Crippen LogP contribution in [0, 0.1) is 6.92 Å². The van der Waals surface area contributed by atoms with Crippen molar-refractivity contribution in [1.29, 1.82) is 0 Å².